The maximum atomic E-state index is 5.36. The Bertz CT molecular complexity index is 780. The van der Waals surface area contributed by atoms with Gasteiger partial charge in [-0.15, -0.1) is 0 Å². The number of halogens is 1. The Labute approximate surface area is 132 Å². The second-order valence-corrected chi connectivity index (χ2v) is 5.66. The molecule has 0 saturated carbocycles. The average Bonchev–Trinajstić information content (AvgIpc) is 2.92. The Morgan fingerprint density at radius 2 is 1.81 bits per heavy atom. The fourth-order valence-corrected chi connectivity index (χ4v) is 2.99. The summed E-state index contributed by atoms with van der Waals surface area (Å²) in [5, 5.41) is 1.22. The summed E-state index contributed by atoms with van der Waals surface area (Å²) in [6.07, 6.45) is 2.10. The molecule has 108 valence electrons. The zero-order chi connectivity index (χ0) is 14.8. The number of methoxy groups -OCH3 is 2. The summed E-state index contributed by atoms with van der Waals surface area (Å²) in [5.74, 6) is 1.51. The molecular weight excluding hydrogens is 330 g/mol. The quantitative estimate of drug-likeness (QED) is 0.696. The van der Waals surface area contributed by atoms with E-state index >= 15 is 0 Å². The van der Waals surface area contributed by atoms with Gasteiger partial charge in [-0.1, -0.05) is 28.1 Å². The summed E-state index contributed by atoms with van der Waals surface area (Å²) in [5.41, 5.74) is 2.38. The first-order valence-corrected chi connectivity index (χ1v) is 7.46. The minimum Gasteiger partial charge on any atom is -0.493 e. The van der Waals surface area contributed by atoms with Crippen LogP contribution in [-0.2, 0) is 6.54 Å². The number of ether oxygens (including phenoxy) is 2. The molecule has 0 fully saturated rings. The van der Waals surface area contributed by atoms with Gasteiger partial charge in [0.05, 0.1) is 14.2 Å². The Hall–Kier alpha value is -1.94. The van der Waals surface area contributed by atoms with Gasteiger partial charge in [-0.2, -0.15) is 0 Å². The van der Waals surface area contributed by atoms with Crippen molar-refractivity contribution in [3.63, 3.8) is 0 Å². The lowest BCUT2D eigenvalue weighted by Crippen LogP contribution is -1.99. The van der Waals surface area contributed by atoms with Crippen molar-refractivity contribution in [1.82, 2.24) is 4.57 Å². The number of hydrogen-bond donors (Lipinski definition) is 0. The first-order chi connectivity index (χ1) is 10.2. The normalized spacial score (nSPS) is 10.8. The van der Waals surface area contributed by atoms with E-state index in [2.05, 4.69) is 57.0 Å². The number of fused-ring (bicyclic) bond motifs is 1. The second kappa shape index (κ2) is 5.82. The van der Waals surface area contributed by atoms with Crippen molar-refractivity contribution < 1.29 is 9.47 Å². The van der Waals surface area contributed by atoms with Crippen LogP contribution in [0.3, 0.4) is 0 Å². The topological polar surface area (TPSA) is 23.4 Å². The summed E-state index contributed by atoms with van der Waals surface area (Å²) in [6.45, 7) is 0.792. The number of benzene rings is 2. The van der Waals surface area contributed by atoms with E-state index in [-0.39, 0.29) is 0 Å². The summed E-state index contributed by atoms with van der Waals surface area (Å²) in [4.78, 5) is 0. The maximum absolute atomic E-state index is 5.36. The minimum absolute atomic E-state index is 0.751. The van der Waals surface area contributed by atoms with Crippen molar-refractivity contribution in [1.29, 1.82) is 0 Å². The molecule has 0 spiro atoms. The lowest BCUT2D eigenvalue weighted by atomic mass is 10.2. The van der Waals surface area contributed by atoms with Crippen LogP contribution < -0.4 is 9.47 Å². The third-order valence-electron chi connectivity index (χ3n) is 3.56. The molecule has 0 radical (unpaired) electrons. The monoisotopic (exact) mass is 345 g/mol. The standard InChI is InChI=1S/C17H16BrNO2/c1-20-16-7-6-12(10-17(16)21-2)11-19-9-8-13-14(18)4-3-5-15(13)19/h3-10H,11H2,1-2H3. The van der Waals surface area contributed by atoms with Crippen LogP contribution in [0.5, 0.6) is 11.5 Å². The van der Waals surface area contributed by atoms with Gasteiger partial charge in [0, 0.05) is 28.1 Å². The molecule has 0 saturated heterocycles. The van der Waals surface area contributed by atoms with Crippen LogP contribution in [0.1, 0.15) is 5.56 Å². The second-order valence-electron chi connectivity index (χ2n) is 4.81. The van der Waals surface area contributed by atoms with E-state index in [1.807, 2.05) is 12.1 Å². The van der Waals surface area contributed by atoms with Crippen LogP contribution >= 0.6 is 15.9 Å². The molecule has 0 amide bonds. The number of hydrogen-bond acceptors (Lipinski definition) is 2. The largest absolute Gasteiger partial charge is 0.493 e. The fraction of sp³-hybridized carbons (Fsp3) is 0.176. The fourth-order valence-electron chi connectivity index (χ4n) is 2.50. The molecule has 3 rings (SSSR count). The molecule has 1 aromatic heterocycles. The highest BCUT2D eigenvalue weighted by Crippen LogP contribution is 2.29. The molecule has 1 heterocycles. The van der Waals surface area contributed by atoms with E-state index in [1.165, 1.54) is 16.5 Å². The van der Waals surface area contributed by atoms with Gasteiger partial charge >= 0.3 is 0 Å². The molecule has 0 unspecified atom stereocenters. The Balaban J connectivity index is 1.97. The molecule has 0 aliphatic heterocycles. The zero-order valence-corrected chi connectivity index (χ0v) is 13.6. The van der Waals surface area contributed by atoms with Crippen molar-refractivity contribution >= 4 is 26.8 Å². The molecule has 0 N–H and O–H groups in total. The number of rotatable bonds is 4. The third-order valence-corrected chi connectivity index (χ3v) is 4.25. The molecule has 4 heteroatoms. The Kier molecular flexibility index (Phi) is 3.88. The van der Waals surface area contributed by atoms with E-state index in [0.717, 1.165) is 22.5 Å². The summed E-state index contributed by atoms with van der Waals surface area (Å²) in [6, 6.07) is 14.4. The van der Waals surface area contributed by atoms with Crippen molar-refractivity contribution in [2.45, 2.75) is 6.54 Å². The molecule has 3 nitrogen and oxygen atoms in total. The average molecular weight is 346 g/mol. The Morgan fingerprint density at radius 1 is 1.00 bits per heavy atom. The van der Waals surface area contributed by atoms with Gasteiger partial charge in [0.25, 0.3) is 0 Å². The first kappa shape index (κ1) is 14.0. The van der Waals surface area contributed by atoms with Crippen molar-refractivity contribution in [2.24, 2.45) is 0 Å². The van der Waals surface area contributed by atoms with Gasteiger partial charge in [-0.05, 0) is 35.9 Å². The number of aromatic nitrogens is 1. The number of nitrogens with zero attached hydrogens (tertiary/aromatic N) is 1. The Morgan fingerprint density at radius 3 is 2.57 bits per heavy atom. The van der Waals surface area contributed by atoms with E-state index in [1.54, 1.807) is 14.2 Å². The predicted molar refractivity (Wildman–Crippen MR) is 88.3 cm³/mol. The van der Waals surface area contributed by atoms with Crippen LogP contribution in [0.2, 0.25) is 0 Å². The first-order valence-electron chi connectivity index (χ1n) is 6.67. The molecule has 0 aliphatic carbocycles. The molecule has 0 atom stereocenters. The molecule has 0 aliphatic rings. The molecule has 21 heavy (non-hydrogen) atoms. The lowest BCUT2D eigenvalue weighted by Gasteiger charge is -2.11. The van der Waals surface area contributed by atoms with E-state index in [0.29, 0.717) is 0 Å². The van der Waals surface area contributed by atoms with Gasteiger partial charge in [0.2, 0.25) is 0 Å². The smallest absolute Gasteiger partial charge is 0.161 e. The zero-order valence-electron chi connectivity index (χ0n) is 12.0. The predicted octanol–water partition coefficient (Wildman–Crippen LogP) is 4.47. The van der Waals surface area contributed by atoms with Crippen LogP contribution in [0, 0.1) is 0 Å². The summed E-state index contributed by atoms with van der Waals surface area (Å²) in [7, 11) is 3.30. The van der Waals surface area contributed by atoms with Gasteiger partial charge in [0.1, 0.15) is 0 Å². The van der Waals surface area contributed by atoms with Gasteiger partial charge in [-0.25, -0.2) is 0 Å². The van der Waals surface area contributed by atoms with Gasteiger partial charge < -0.3 is 14.0 Å². The van der Waals surface area contributed by atoms with E-state index in [4.69, 9.17) is 9.47 Å². The van der Waals surface area contributed by atoms with Crippen LogP contribution in [0.4, 0.5) is 0 Å². The van der Waals surface area contributed by atoms with Crippen LogP contribution in [0.25, 0.3) is 10.9 Å². The highest BCUT2D eigenvalue weighted by Gasteiger charge is 2.07. The van der Waals surface area contributed by atoms with E-state index < -0.39 is 0 Å². The van der Waals surface area contributed by atoms with Crippen LogP contribution in [-0.4, -0.2) is 18.8 Å². The van der Waals surface area contributed by atoms with Crippen molar-refractivity contribution in [2.75, 3.05) is 14.2 Å². The van der Waals surface area contributed by atoms with Crippen LogP contribution in [0.15, 0.2) is 53.1 Å². The highest BCUT2D eigenvalue weighted by molar-refractivity contribution is 9.10. The van der Waals surface area contributed by atoms with Crippen molar-refractivity contribution in [3.8, 4) is 11.5 Å². The van der Waals surface area contributed by atoms with Gasteiger partial charge in [-0.3, -0.25) is 0 Å². The third kappa shape index (κ3) is 2.63. The minimum atomic E-state index is 0.751. The molecular formula is C17H16BrNO2. The molecule has 2 aromatic carbocycles. The summed E-state index contributed by atoms with van der Waals surface area (Å²) < 4.78 is 14.0. The summed E-state index contributed by atoms with van der Waals surface area (Å²) >= 11 is 3.59. The van der Waals surface area contributed by atoms with E-state index in [9.17, 15) is 0 Å². The highest BCUT2D eigenvalue weighted by atomic mass is 79.9. The SMILES string of the molecule is COc1ccc(Cn2ccc3c(Br)cccc32)cc1OC. The molecule has 3 aromatic rings. The van der Waals surface area contributed by atoms with Gasteiger partial charge in [0.15, 0.2) is 11.5 Å². The maximum Gasteiger partial charge on any atom is 0.161 e. The lowest BCUT2D eigenvalue weighted by molar-refractivity contribution is 0.354. The van der Waals surface area contributed by atoms with Crippen molar-refractivity contribution in [3.05, 3.63) is 58.7 Å². The molecule has 0 bridgehead atoms.